The van der Waals surface area contributed by atoms with Gasteiger partial charge in [-0.05, 0) is 50.3 Å². The van der Waals surface area contributed by atoms with Crippen molar-refractivity contribution in [3.05, 3.63) is 41.5 Å². The minimum Gasteiger partial charge on any atom is -0.338 e. The van der Waals surface area contributed by atoms with E-state index >= 15 is 0 Å². The minimum atomic E-state index is -0.226. The molecule has 0 saturated carbocycles. The van der Waals surface area contributed by atoms with Crippen molar-refractivity contribution in [3.8, 4) is 0 Å². The number of hydrogen-bond donors (Lipinski definition) is 1. The molecule has 1 aromatic carbocycles. The molecule has 26 heavy (non-hydrogen) atoms. The SMILES string of the molecule is Cc1ccc(C2=CCN(CCCCNC(=O)N3CCCC3=O)CC2)cc1. The van der Waals surface area contributed by atoms with Crippen LogP contribution in [0.1, 0.15) is 43.2 Å². The highest BCUT2D eigenvalue weighted by Crippen LogP contribution is 2.22. The number of amides is 3. The van der Waals surface area contributed by atoms with Crippen LogP contribution in [0.3, 0.4) is 0 Å². The summed E-state index contributed by atoms with van der Waals surface area (Å²) in [5, 5.41) is 2.86. The lowest BCUT2D eigenvalue weighted by molar-refractivity contribution is -0.125. The Morgan fingerprint density at radius 3 is 2.58 bits per heavy atom. The fourth-order valence-electron chi connectivity index (χ4n) is 3.56. The first kappa shape index (κ1) is 18.6. The number of unbranched alkanes of at least 4 members (excludes halogenated alkanes) is 1. The van der Waals surface area contributed by atoms with Crippen molar-refractivity contribution in [2.45, 2.75) is 39.0 Å². The fraction of sp³-hybridized carbons (Fsp3) is 0.524. The number of hydrogen-bond acceptors (Lipinski definition) is 3. The van der Waals surface area contributed by atoms with E-state index < -0.39 is 0 Å². The molecular weight excluding hydrogens is 326 g/mol. The van der Waals surface area contributed by atoms with Crippen LogP contribution in [0, 0.1) is 6.92 Å². The van der Waals surface area contributed by atoms with Crippen molar-refractivity contribution < 1.29 is 9.59 Å². The number of carbonyl (C=O) groups excluding carboxylic acids is 2. The smallest absolute Gasteiger partial charge is 0.324 e. The Morgan fingerprint density at radius 1 is 1.12 bits per heavy atom. The van der Waals surface area contributed by atoms with Crippen molar-refractivity contribution in [1.82, 2.24) is 15.1 Å². The maximum Gasteiger partial charge on any atom is 0.324 e. The van der Waals surface area contributed by atoms with Gasteiger partial charge >= 0.3 is 6.03 Å². The summed E-state index contributed by atoms with van der Waals surface area (Å²) in [7, 11) is 0. The molecule has 1 saturated heterocycles. The first-order valence-electron chi connectivity index (χ1n) is 9.70. The Bertz CT molecular complexity index is 666. The van der Waals surface area contributed by atoms with Crippen LogP contribution in [0.5, 0.6) is 0 Å². The van der Waals surface area contributed by atoms with E-state index in [-0.39, 0.29) is 11.9 Å². The third-order valence-electron chi connectivity index (χ3n) is 5.21. The van der Waals surface area contributed by atoms with Gasteiger partial charge in [0.15, 0.2) is 0 Å². The normalized spacial score (nSPS) is 18.1. The van der Waals surface area contributed by atoms with E-state index in [0.29, 0.717) is 19.5 Å². The van der Waals surface area contributed by atoms with Crippen LogP contribution in [-0.2, 0) is 4.79 Å². The Labute approximate surface area is 156 Å². The first-order chi connectivity index (χ1) is 12.6. The summed E-state index contributed by atoms with van der Waals surface area (Å²) in [4.78, 5) is 27.2. The van der Waals surface area contributed by atoms with E-state index in [1.807, 2.05) is 0 Å². The zero-order valence-electron chi connectivity index (χ0n) is 15.7. The molecule has 2 aliphatic heterocycles. The predicted octanol–water partition coefficient (Wildman–Crippen LogP) is 3.20. The molecule has 140 valence electrons. The molecule has 0 unspecified atom stereocenters. The van der Waals surface area contributed by atoms with Crippen molar-refractivity contribution >= 4 is 17.5 Å². The second-order valence-electron chi connectivity index (χ2n) is 7.23. The van der Waals surface area contributed by atoms with Crippen molar-refractivity contribution in [2.24, 2.45) is 0 Å². The molecule has 2 aliphatic rings. The van der Waals surface area contributed by atoms with Gasteiger partial charge < -0.3 is 5.32 Å². The summed E-state index contributed by atoms with van der Waals surface area (Å²) in [6.07, 6.45) is 6.73. The van der Waals surface area contributed by atoms with Gasteiger partial charge in [-0.1, -0.05) is 35.9 Å². The molecule has 0 bridgehead atoms. The lowest BCUT2D eigenvalue weighted by Gasteiger charge is -2.26. The zero-order valence-corrected chi connectivity index (χ0v) is 15.7. The molecule has 5 heteroatoms. The summed E-state index contributed by atoms with van der Waals surface area (Å²) in [6.45, 7) is 6.46. The number of imide groups is 1. The minimum absolute atomic E-state index is 0.0491. The largest absolute Gasteiger partial charge is 0.338 e. The van der Waals surface area contributed by atoms with Gasteiger partial charge in [0.1, 0.15) is 0 Å². The topological polar surface area (TPSA) is 52.7 Å². The molecule has 0 spiro atoms. The quantitative estimate of drug-likeness (QED) is 0.798. The van der Waals surface area contributed by atoms with Crippen LogP contribution in [0.2, 0.25) is 0 Å². The maximum absolute atomic E-state index is 11.9. The van der Waals surface area contributed by atoms with Gasteiger partial charge in [-0.2, -0.15) is 0 Å². The van der Waals surface area contributed by atoms with Gasteiger partial charge in [0.2, 0.25) is 5.91 Å². The van der Waals surface area contributed by atoms with E-state index in [2.05, 4.69) is 47.5 Å². The number of carbonyl (C=O) groups is 2. The average molecular weight is 355 g/mol. The molecule has 3 rings (SSSR count). The van der Waals surface area contributed by atoms with Gasteiger partial charge in [0, 0.05) is 32.6 Å². The number of urea groups is 1. The first-order valence-corrected chi connectivity index (χ1v) is 9.70. The zero-order chi connectivity index (χ0) is 18.4. The molecule has 0 aromatic heterocycles. The lowest BCUT2D eigenvalue weighted by atomic mass is 9.98. The van der Waals surface area contributed by atoms with Crippen molar-refractivity contribution in [3.63, 3.8) is 0 Å². The molecule has 3 amide bonds. The van der Waals surface area contributed by atoms with Crippen LogP contribution in [0.15, 0.2) is 30.3 Å². The standard InChI is InChI=1S/C21H29N3O2/c1-17-6-8-18(9-7-17)19-10-15-23(16-11-19)13-3-2-12-22-21(26)24-14-4-5-20(24)25/h6-10H,2-5,11-16H2,1H3,(H,22,26). The maximum atomic E-state index is 11.9. The van der Waals surface area contributed by atoms with E-state index in [4.69, 9.17) is 0 Å². The summed E-state index contributed by atoms with van der Waals surface area (Å²) in [5.74, 6) is -0.0491. The summed E-state index contributed by atoms with van der Waals surface area (Å²) < 4.78 is 0. The summed E-state index contributed by atoms with van der Waals surface area (Å²) in [5.41, 5.74) is 4.09. The fourth-order valence-corrected chi connectivity index (χ4v) is 3.56. The second kappa shape index (κ2) is 8.99. The molecule has 1 aromatic rings. The molecule has 2 heterocycles. The second-order valence-corrected chi connectivity index (χ2v) is 7.23. The molecule has 1 N–H and O–H groups in total. The van der Waals surface area contributed by atoms with Crippen LogP contribution in [0.25, 0.3) is 5.57 Å². The van der Waals surface area contributed by atoms with E-state index in [9.17, 15) is 9.59 Å². The predicted molar refractivity (Wildman–Crippen MR) is 104 cm³/mol. The van der Waals surface area contributed by atoms with E-state index in [0.717, 1.165) is 45.3 Å². The third kappa shape index (κ3) is 4.94. The van der Waals surface area contributed by atoms with Crippen LogP contribution >= 0.6 is 0 Å². The molecule has 1 fully saturated rings. The Kier molecular flexibility index (Phi) is 6.45. The average Bonchev–Trinajstić information content (AvgIpc) is 3.09. The van der Waals surface area contributed by atoms with Gasteiger partial charge in [0.05, 0.1) is 0 Å². The van der Waals surface area contributed by atoms with Crippen LogP contribution < -0.4 is 5.32 Å². The highest BCUT2D eigenvalue weighted by molar-refractivity contribution is 5.95. The van der Waals surface area contributed by atoms with Gasteiger partial charge in [-0.15, -0.1) is 0 Å². The molecule has 0 aliphatic carbocycles. The number of rotatable bonds is 6. The molecule has 0 radical (unpaired) electrons. The van der Waals surface area contributed by atoms with Gasteiger partial charge in [0.25, 0.3) is 0 Å². The Hall–Kier alpha value is -2.14. The van der Waals surface area contributed by atoms with E-state index in [1.54, 1.807) is 0 Å². The van der Waals surface area contributed by atoms with Crippen LogP contribution in [0.4, 0.5) is 4.79 Å². The van der Waals surface area contributed by atoms with Gasteiger partial charge in [-0.3, -0.25) is 14.6 Å². The number of nitrogens with zero attached hydrogens (tertiary/aromatic N) is 2. The Balaban J connectivity index is 1.32. The third-order valence-corrected chi connectivity index (χ3v) is 5.21. The molecule has 5 nitrogen and oxygen atoms in total. The van der Waals surface area contributed by atoms with Crippen molar-refractivity contribution in [1.29, 1.82) is 0 Å². The highest BCUT2D eigenvalue weighted by atomic mass is 16.2. The number of likely N-dealkylation sites (tertiary alicyclic amines) is 1. The molecule has 0 atom stereocenters. The van der Waals surface area contributed by atoms with Crippen LogP contribution in [-0.4, -0.2) is 54.5 Å². The summed E-state index contributed by atoms with van der Waals surface area (Å²) >= 11 is 0. The monoisotopic (exact) mass is 355 g/mol. The number of nitrogens with one attached hydrogen (secondary N) is 1. The molecular formula is C21H29N3O2. The number of benzene rings is 1. The van der Waals surface area contributed by atoms with Crippen molar-refractivity contribution in [2.75, 3.05) is 32.7 Å². The lowest BCUT2D eigenvalue weighted by Crippen LogP contribution is -2.41. The van der Waals surface area contributed by atoms with E-state index in [1.165, 1.54) is 21.6 Å². The highest BCUT2D eigenvalue weighted by Gasteiger charge is 2.25. The van der Waals surface area contributed by atoms with Gasteiger partial charge in [-0.25, -0.2) is 4.79 Å². The Morgan fingerprint density at radius 2 is 1.92 bits per heavy atom. The number of aryl methyl sites for hydroxylation is 1. The summed E-state index contributed by atoms with van der Waals surface area (Å²) in [6, 6.07) is 8.55.